The minimum absolute atomic E-state index is 0.0946. The number of hydrogen-bond acceptors (Lipinski definition) is 2. The zero-order chi connectivity index (χ0) is 17.1. The van der Waals surface area contributed by atoms with Crippen LogP contribution in [0.1, 0.15) is 18.1 Å². The maximum Gasteiger partial charge on any atom is 0.228 e. The Balaban J connectivity index is 1.77. The van der Waals surface area contributed by atoms with Crippen molar-refractivity contribution < 1.29 is 9.59 Å². The van der Waals surface area contributed by atoms with Crippen LogP contribution in [0.4, 0.5) is 11.4 Å². The van der Waals surface area contributed by atoms with Gasteiger partial charge in [0, 0.05) is 35.4 Å². The average molecular weight is 321 g/mol. The number of aromatic nitrogens is 1. The maximum absolute atomic E-state index is 12.4. The number of amides is 2. The highest BCUT2D eigenvalue weighted by Gasteiger charge is 2.11. The number of fused-ring (bicyclic) bond motifs is 1. The van der Waals surface area contributed by atoms with E-state index >= 15 is 0 Å². The second kappa shape index (κ2) is 6.58. The summed E-state index contributed by atoms with van der Waals surface area (Å²) < 4.78 is 0. The number of hydrogen-bond donors (Lipinski definition) is 3. The fourth-order valence-electron chi connectivity index (χ4n) is 2.74. The Morgan fingerprint density at radius 1 is 1.00 bits per heavy atom. The smallest absolute Gasteiger partial charge is 0.228 e. The summed E-state index contributed by atoms with van der Waals surface area (Å²) >= 11 is 0. The Kier molecular flexibility index (Phi) is 4.33. The van der Waals surface area contributed by atoms with E-state index in [1.54, 1.807) is 6.07 Å². The second-order valence-electron chi connectivity index (χ2n) is 5.74. The molecule has 0 fully saturated rings. The van der Waals surface area contributed by atoms with Gasteiger partial charge in [0.1, 0.15) is 0 Å². The summed E-state index contributed by atoms with van der Waals surface area (Å²) in [5.41, 5.74) is 4.21. The quantitative estimate of drug-likeness (QED) is 0.686. The molecule has 0 unspecified atom stereocenters. The Hall–Kier alpha value is -3.08. The molecular weight excluding hydrogens is 302 g/mol. The van der Waals surface area contributed by atoms with E-state index in [0.717, 1.165) is 22.0 Å². The van der Waals surface area contributed by atoms with Crippen LogP contribution in [0.3, 0.4) is 0 Å². The molecular formula is C19H19N3O2. The first kappa shape index (κ1) is 15.8. The molecule has 1 heterocycles. The van der Waals surface area contributed by atoms with Crippen molar-refractivity contribution >= 4 is 34.1 Å². The van der Waals surface area contributed by atoms with E-state index in [1.807, 2.05) is 49.5 Å². The molecule has 3 aromatic rings. The molecule has 0 aliphatic rings. The van der Waals surface area contributed by atoms with Gasteiger partial charge in [0.2, 0.25) is 11.8 Å². The Morgan fingerprint density at radius 3 is 2.46 bits per heavy atom. The summed E-state index contributed by atoms with van der Waals surface area (Å²) in [4.78, 5) is 26.8. The topological polar surface area (TPSA) is 74.0 Å². The zero-order valence-electron chi connectivity index (χ0n) is 13.6. The highest BCUT2D eigenvalue weighted by Crippen LogP contribution is 2.24. The van der Waals surface area contributed by atoms with Gasteiger partial charge in [0.05, 0.1) is 6.42 Å². The number of para-hydroxylation sites is 1. The minimum atomic E-state index is -0.139. The third kappa shape index (κ3) is 3.30. The van der Waals surface area contributed by atoms with E-state index in [0.29, 0.717) is 11.4 Å². The van der Waals surface area contributed by atoms with Gasteiger partial charge in [-0.3, -0.25) is 9.59 Å². The van der Waals surface area contributed by atoms with Gasteiger partial charge in [0.25, 0.3) is 0 Å². The molecule has 0 bridgehead atoms. The molecule has 122 valence electrons. The van der Waals surface area contributed by atoms with Crippen LogP contribution >= 0.6 is 0 Å². The molecule has 0 saturated heterocycles. The SMILES string of the molecule is CC(=O)Nc1cccc(NC(=O)Cc2c[nH]c3ccccc23)c1C. The van der Waals surface area contributed by atoms with Gasteiger partial charge in [-0.2, -0.15) is 0 Å². The van der Waals surface area contributed by atoms with Gasteiger partial charge in [-0.25, -0.2) is 0 Å². The third-order valence-electron chi connectivity index (χ3n) is 3.94. The van der Waals surface area contributed by atoms with Crippen LogP contribution in [-0.2, 0) is 16.0 Å². The van der Waals surface area contributed by atoms with Gasteiger partial charge in [-0.05, 0) is 36.2 Å². The van der Waals surface area contributed by atoms with Crippen LogP contribution in [0.25, 0.3) is 10.9 Å². The molecule has 0 atom stereocenters. The summed E-state index contributed by atoms with van der Waals surface area (Å²) in [5, 5.41) is 6.74. The van der Waals surface area contributed by atoms with E-state index in [4.69, 9.17) is 0 Å². The molecule has 2 aromatic carbocycles. The predicted octanol–water partition coefficient (Wildman–Crippen LogP) is 3.62. The summed E-state index contributed by atoms with van der Waals surface area (Å²) in [6.07, 6.45) is 2.15. The van der Waals surface area contributed by atoms with Crippen molar-refractivity contribution in [3.8, 4) is 0 Å². The Labute approximate surface area is 140 Å². The van der Waals surface area contributed by atoms with Gasteiger partial charge in [-0.1, -0.05) is 24.3 Å². The van der Waals surface area contributed by atoms with Crippen LogP contribution < -0.4 is 10.6 Å². The van der Waals surface area contributed by atoms with Crippen molar-refractivity contribution in [3.63, 3.8) is 0 Å². The van der Waals surface area contributed by atoms with E-state index in [-0.39, 0.29) is 18.2 Å². The number of anilines is 2. The lowest BCUT2D eigenvalue weighted by Gasteiger charge is -2.12. The number of benzene rings is 2. The first-order valence-electron chi connectivity index (χ1n) is 7.76. The molecule has 0 spiro atoms. The molecule has 0 radical (unpaired) electrons. The molecule has 3 N–H and O–H groups in total. The molecule has 5 heteroatoms. The largest absolute Gasteiger partial charge is 0.361 e. The summed E-state index contributed by atoms with van der Waals surface area (Å²) in [7, 11) is 0. The fourth-order valence-corrected chi connectivity index (χ4v) is 2.74. The van der Waals surface area contributed by atoms with Gasteiger partial charge >= 0.3 is 0 Å². The number of carbonyl (C=O) groups excluding carboxylic acids is 2. The lowest BCUT2D eigenvalue weighted by Crippen LogP contribution is -2.16. The van der Waals surface area contributed by atoms with E-state index in [1.165, 1.54) is 6.92 Å². The molecule has 5 nitrogen and oxygen atoms in total. The molecule has 0 saturated carbocycles. The maximum atomic E-state index is 12.4. The zero-order valence-corrected chi connectivity index (χ0v) is 13.6. The molecule has 0 aliphatic carbocycles. The lowest BCUT2D eigenvalue weighted by molar-refractivity contribution is -0.115. The van der Waals surface area contributed by atoms with Crippen molar-refractivity contribution in [2.45, 2.75) is 20.3 Å². The van der Waals surface area contributed by atoms with Gasteiger partial charge in [-0.15, -0.1) is 0 Å². The van der Waals surface area contributed by atoms with E-state index in [2.05, 4.69) is 15.6 Å². The highest BCUT2D eigenvalue weighted by atomic mass is 16.2. The van der Waals surface area contributed by atoms with Gasteiger partial charge < -0.3 is 15.6 Å². The summed E-state index contributed by atoms with van der Waals surface area (Å²) in [6, 6.07) is 13.3. The fraction of sp³-hybridized carbons (Fsp3) is 0.158. The van der Waals surface area contributed by atoms with Crippen molar-refractivity contribution in [2.24, 2.45) is 0 Å². The van der Waals surface area contributed by atoms with Crippen LogP contribution in [-0.4, -0.2) is 16.8 Å². The van der Waals surface area contributed by atoms with Crippen molar-refractivity contribution in [1.82, 2.24) is 4.98 Å². The molecule has 3 rings (SSSR count). The average Bonchev–Trinajstić information content (AvgIpc) is 2.94. The van der Waals surface area contributed by atoms with Crippen molar-refractivity contribution in [1.29, 1.82) is 0 Å². The summed E-state index contributed by atoms with van der Waals surface area (Å²) in [5.74, 6) is -0.233. The van der Waals surface area contributed by atoms with E-state index < -0.39 is 0 Å². The number of aromatic amines is 1. The summed E-state index contributed by atoms with van der Waals surface area (Å²) in [6.45, 7) is 3.33. The monoisotopic (exact) mass is 321 g/mol. The first-order chi connectivity index (χ1) is 11.5. The van der Waals surface area contributed by atoms with Gasteiger partial charge in [0.15, 0.2) is 0 Å². The van der Waals surface area contributed by atoms with Crippen LogP contribution in [0.5, 0.6) is 0 Å². The first-order valence-corrected chi connectivity index (χ1v) is 7.76. The molecule has 24 heavy (non-hydrogen) atoms. The number of H-pyrrole nitrogens is 1. The molecule has 0 aliphatic heterocycles. The van der Waals surface area contributed by atoms with Crippen LogP contribution in [0.2, 0.25) is 0 Å². The highest BCUT2D eigenvalue weighted by molar-refractivity contribution is 5.98. The van der Waals surface area contributed by atoms with Crippen molar-refractivity contribution in [3.05, 3.63) is 59.8 Å². The van der Waals surface area contributed by atoms with Crippen LogP contribution in [0, 0.1) is 6.92 Å². The van der Waals surface area contributed by atoms with E-state index in [9.17, 15) is 9.59 Å². The number of rotatable bonds is 4. The normalized spacial score (nSPS) is 10.6. The number of carbonyl (C=O) groups is 2. The Bertz CT molecular complexity index is 912. The standard InChI is InChI=1S/C19H19N3O2/c1-12-16(21-13(2)23)8-5-9-17(12)22-19(24)10-14-11-20-18-7-4-3-6-15(14)18/h3-9,11,20H,10H2,1-2H3,(H,21,23)(H,22,24). The predicted molar refractivity (Wildman–Crippen MR) is 96.1 cm³/mol. The minimum Gasteiger partial charge on any atom is -0.361 e. The molecule has 2 amide bonds. The third-order valence-corrected chi connectivity index (χ3v) is 3.94. The lowest BCUT2D eigenvalue weighted by atomic mass is 10.1. The van der Waals surface area contributed by atoms with Crippen LogP contribution in [0.15, 0.2) is 48.7 Å². The van der Waals surface area contributed by atoms with Crippen molar-refractivity contribution in [2.75, 3.05) is 10.6 Å². The number of nitrogens with one attached hydrogen (secondary N) is 3. The Morgan fingerprint density at radius 2 is 1.71 bits per heavy atom. The molecule has 1 aromatic heterocycles. The second-order valence-corrected chi connectivity index (χ2v) is 5.74.